The van der Waals surface area contributed by atoms with Gasteiger partial charge in [0.05, 0.1) is 14.2 Å². The Hall–Kier alpha value is -2.69. The van der Waals surface area contributed by atoms with Gasteiger partial charge < -0.3 is 20.1 Å². The second-order valence-corrected chi connectivity index (χ2v) is 5.69. The van der Waals surface area contributed by atoms with Crippen LogP contribution in [-0.4, -0.2) is 26.2 Å². The van der Waals surface area contributed by atoms with Crippen LogP contribution in [0.4, 0.5) is 11.4 Å². The summed E-state index contributed by atoms with van der Waals surface area (Å²) in [6.45, 7) is 2.04. The summed E-state index contributed by atoms with van der Waals surface area (Å²) in [5, 5.41) is 0. The van der Waals surface area contributed by atoms with Crippen LogP contribution in [0, 0.1) is 0 Å². The molecule has 2 aromatic carbocycles. The molecule has 2 N–H and O–H groups in total. The van der Waals surface area contributed by atoms with Crippen LogP contribution < -0.4 is 20.1 Å². The monoisotopic (exact) mass is 312 g/mol. The maximum absolute atomic E-state index is 13.0. The van der Waals surface area contributed by atoms with Gasteiger partial charge in [0, 0.05) is 23.0 Å². The van der Waals surface area contributed by atoms with E-state index in [4.69, 9.17) is 15.2 Å². The molecule has 0 bridgehead atoms. The lowest BCUT2D eigenvalue weighted by Crippen LogP contribution is -2.35. The molecule has 1 atom stereocenters. The van der Waals surface area contributed by atoms with Crippen molar-refractivity contribution >= 4 is 17.3 Å². The van der Waals surface area contributed by atoms with Crippen molar-refractivity contribution in [1.29, 1.82) is 0 Å². The standard InChI is InChI=1S/C18H20N2O3/c1-11-8-12-4-6-14(19)10-15(12)20(11)18(21)13-5-7-16(22-2)17(9-13)23-3/h4-7,9-11H,8,19H2,1-3H3/t11-/m1/s1. The minimum absolute atomic E-state index is 0.0668. The fourth-order valence-electron chi connectivity index (χ4n) is 3.04. The minimum Gasteiger partial charge on any atom is -0.493 e. The summed E-state index contributed by atoms with van der Waals surface area (Å²) < 4.78 is 10.5. The molecule has 0 fully saturated rings. The topological polar surface area (TPSA) is 64.8 Å². The van der Waals surface area contributed by atoms with E-state index in [9.17, 15) is 4.79 Å². The van der Waals surface area contributed by atoms with Crippen LogP contribution in [0.5, 0.6) is 11.5 Å². The van der Waals surface area contributed by atoms with Crippen molar-refractivity contribution in [2.75, 3.05) is 24.9 Å². The Kier molecular flexibility index (Phi) is 3.86. The Labute approximate surface area is 135 Å². The third-order valence-corrected chi connectivity index (χ3v) is 4.17. The lowest BCUT2D eigenvalue weighted by atomic mass is 10.1. The number of nitrogens with two attached hydrogens (primary N) is 1. The van der Waals surface area contributed by atoms with Crippen LogP contribution in [0.25, 0.3) is 0 Å². The normalized spacial score (nSPS) is 16.1. The molecule has 2 aromatic rings. The van der Waals surface area contributed by atoms with Crippen LogP contribution in [-0.2, 0) is 6.42 Å². The van der Waals surface area contributed by atoms with Gasteiger partial charge in [-0.05, 0) is 49.2 Å². The molecule has 0 saturated heterocycles. The summed E-state index contributed by atoms with van der Waals surface area (Å²) in [6, 6.07) is 11.0. The predicted molar refractivity (Wildman–Crippen MR) is 90.4 cm³/mol. The molecule has 23 heavy (non-hydrogen) atoms. The molecule has 1 aliphatic heterocycles. The van der Waals surface area contributed by atoms with Crippen molar-refractivity contribution in [2.45, 2.75) is 19.4 Å². The average Bonchev–Trinajstić information content (AvgIpc) is 2.88. The van der Waals surface area contributed by atoms with E-state index in [1.54, 1.807) is 37.3 Å². The summed E-state index contributed by atoms with van der Waals surface area (Å²) in [5.74, 6) is 1.07. The highest BCUT2D eigenvalue weighted by molar-refractivity contribution is 6.08. The first kappa shape index (κ1) is 15.2. The Balaban J connectivity index is 2.00. The van der Waals surface area contributed by atoms with E-state index in [2.05, 4.69) is 0 Å². The first-order valence-electron chi connectivity index (χ1n) is 7.49. The van der Waals surface area contributed by atoms with Gasteiger partial charge in [0.15, 0.2) is 11.5 Å². The number of amides is 1. The second kappa shape index (κ2) is 5.83. The van der Waals surface area contributed by atoms with Crippen LogP contribution in [0.15, 0.2) is 36.4 Å². The summed E-state index contributed by atoms with van der Waals surface area (Å²) in [6.07, 6.45) is 0.828. The molecular weight excluding hydrogens is 292 g/mol. The molecule has 120 valence electrons. The lowest BCUT2D eigenvalue weighted by Gasteiger charge is -2.23. The molecule has 5 heteroatoms. The lowest BCUT2D eigenvalue weighted by molar-refractivity contribution is 0.0981. The minimum atomic E-state index is -0.0668. The zero-order valence-electron chi connectivity index (χ0n) is 13.5. The maximum atomic E-state index is 13.0. The number of fused-ring (bicyclic) bond motifs is 1. The molecular formula is C18H20N2O3. The molecule has 3 rings (SSSR count). The molecule has 0 unspecified atom stereocenters. The Morgan fingerprint density at radius 2 is 1.87 bits per heavy atom. The van der Waals surface area contributed by atoms with Crippen LogP contribution >= 0.6 is 0 Å². The SMILES string of the molecule is COc1ccc(C(=O)N2c3cc(N)ccc3C[C@H]2C)cc1OC. The third-order valence-electron chi connectivity index (χ3n) is 4.17. The van der Waals surface area contributed by atoms with Gasteiger partial charge in [0.1, 0.15) is 0 Å². The molecule has 1 heterocycles. The van der Waals surface area contributed by atoms with Gasteiger partial charge in [-0.15, -0.1) is 0 Å². The van der Waals surface area contributed by atoms with Crippen LogP contribution in [0.3, 0.4) is 0 Å². The van der Waals surface area contributed by atoms with Gasteiger partial charge in [-0.1, -0.05) is 6.07 Å². The molecule has 0 spiro atoms. The van der Waals surface area contributed by atoms with E-state index in [1.165, 1.54) is 0 Å². The fraction of sp³-hybridized carbons (Fsp3) is 0.278. The molecule has 1 amide bonds. The van der Waals surface area contributed by atoms with Gasteiger partial charge in [0.2, 0.25) is 0 Å². The van der Waals surface area contributed by atoms with E-state index >= 15 is 0 Å². The highest BCUT2D eigenvalue weighted by atomic mass is 16.5. The van der Waals surface area contributed by atoms with Gasteiger partial charge in [0.25, 0.3) is 5.91 Å². The highest BCUT2D eigenvalue weighted by Gasteiger charge is 2.32. The number of methoxy groups -OCH3 is 2. The number of nitrogen functional groups attached to an aromatic ring is 1. The number of benzene rings is 2. The summed E-state index contributed by atoms with van der Waals surface area (Å²) in [5.41, 5.74) is 9.13. The van der Waals surface area contributed by atoms with E-state index < -0.39 is 0 Å². The summed E-state index contributed by atoms with van der Waals surface area (Å²) >= 11 is 0. The number of anilines is 2. The maximum Gasteiger partial charge on any atom is 0.258 e. The second-order valence-electron chi connectivity index (χ2n) is 5.69. The van der Waals surface area contributed by atoms with Crippen LogP contribution in [0.2, 0.25) is 0 Å². The molecule has 0 radical (unpaired) electrons. The van der Waals surface area contributed by atoms with Gasteiger partial charge in [-0.3, -0.25) is 4.79 Å². The van der Waals surface area contributed by atoms with Crippen LogP contribution in [0.1, 0.15) is 22.8 Å². The first-order valence-corrected chi connectivity index (χ1v) is 7.49. The summed E-state index contributed by atoms with van der Waals surface area (Å²) in [4.78, 5) is 14.8. The highest BCUT2D eigenvalue weighted by Crippen LogP contribution is 2.36. The van der Waals surface area contributed by atoms with Crippen molar-refractivity contribution in [1.82, 2.24) is 0 Å². The van der Waals surface area contributed by atoms with Crippen molar-refractivity contribution in [3.63, 3.8) is 0 Å². The van der Waals surface area contributed by atoms with Crippen molar-refractivity contribution in [3.8, 4) is 11.5 Å². The van der Waals surface area contributed by atoms with Crippen molar-refractivity contribution < 1.29 is 14.3 Å². The fourth-order valence-corrected chi connectivity index (χ4v) is 3.04. The van der Waals surface area contributed by atoms with Gasteiger partial charge >= 0.3 is 0 Å². The Morgan fingerprint density at radius 3 is 2.57 bits per heavy atom. The Morgan fingerprint density at radius 1 is 1.13 bits per heavy atom. The largest absolute Gasteiger partial charge is 0.493 e. The van der Waals surface area contributed by atoms with Gasteiger partial charge in [-0.2, -0.15) is 0 Å². The zero-order chi connectivity index (χ0) is 16.6. The molecule has 5 nitrogen and oxygen atoms in total. The number of hydrogen-bond donors (Lipinski definition) is 1. The van der Waals surface area contributed by atoms with E-state index in [-0.39, 0.29) is 11.9 Å². The summed E-state index contributed by atoms with van der Waals surface area (Å²) in [7, 11) is 3.13. The van der Waals surface area contributed by atoms with E-state index in [0.717, 1.165) is 17.7 Å². The van der Waals surface area contributed by atoms with Crippen molar-refractivity contribution in [2.24, 2.45) is 0 Å². The number of rotatable bonds is 3. The molecule has 0 saturated carbocycles. The Bertz CT molecular complexity index is 758. The smallest absolute Gasteiger partial charge is 0.258 e. The average molecular weight is 312 g/mol. The number of carbonyl (C=O) groups is 1. The van der Waals surface area contributed by atoms with E-state index in [1.807, 2.05) is 25.1 Å². The number of hydrogen-bond acceptors (Lipinski definition) is 4. The molecule has 1 aliphatic rings. The predicted octanol–water partition coefficient (Wildman–Crippen LogP) is 2.88. The van der Waals surface area contributed by atoms with E-state index in [0.29, 0.717) is 22.7 Å². The zero-order valence-corrected chi connectivity index (χ0v) is 13.5. The quantitative estimate of drug-likeness (QED) is 0.885. The first-order chi connectivity index (χ1) is 11.0. The number of carbonyl (C=O) groups excluding carboxylic acids is 1. The number of nitrogens with zero attached hydrogens (tertiary/aromatic N) is 1. The number of ether oxygens (including phenoxy) is 2. The molecule has 0 aliphatic carbocycles. The third kappa shape index (κ3) is 2.59. The molecule has 0 aromatic heterocycles. The van der Waals surface area contributed by atoms with Gasteiger partial charge in [-0.25, -0.2) is 0 Å². The van der Waals surface area contributed by atoms with Crippen molar-refractivity contribution in [3.05, 3.63) is 47.5 Å².